The molecule has 1 heterocycles. The van der Waals surface area contributed by atoms with Crippen molar-refractivity contribution in [2.75, 3.05) is 6.61 Å². The van der Waals surface area contributed by atoms with Crippen molar-refractivity contribution in [1.29, 1.82) is 0 Å². The molecule has 0 spiro atoms. The summed E-state index contributed by atoms with van der Waals surface area (Å²) in [7, 11) is 0. The minimum atomic E-state index is -1.20. The monoisotopic (exact) mass is 633 g/mol. The Bertz CT molecular complexity index is 1560. The average molecular weight is 634 g/mol. The van der Waals surface area contributed by atoms with Gasteiger partial charge in [0, 0.05) is 12.1 Å². The number of aliphatic hydroxyl groups is 3. The summed E-state index contributed by atoms with van der Waals surface area (Å²) in [5.41, 5.74) is 21.2. The molecule has 10 heteroatoms. The lowest BCUT2D eigenvalue weighted by Gasteiger charge is -2.47. The van der Waals surface area contributed by atoms with Gasteiger partial charge in [0.15, 0.2) is 6.29 Å². The zero-order valence-electron chi connectivity index (χ0n) is 26.4. The van der Waals surface area contributed by atoms with E-state index >= 15 is 0 Å². The highest BCUT2D eigenvalue weighted by atomic mass is 16.7. The van der Waals surface area contributed by atoms with Crippen molar-refractivity contribution in [3.8, 4) is 0 Å². The zero-order valence-corrected chi connectivity index (χ0v) is 26.4. The van der Waals surface area contributed by atoms with Gasteiger partial charge >= 0.3 is 0 Å². The molecule has 4 aromatic carbocycles. The smallest absolute Gasteiger partial charge is 0.176 e. The normalized spacial score (nSPS) is 31.4. The molecule has 4 aromatic rings. The summed E-state index contributed by atoms with van der Waals surface area (Å²) in [5, 5.41) is 36.7. The van der Waals surface area contributed by atoms with Crippen LogP contribution in [0.5, 0.6) is 0 Å². The summed E-state index contributed by atoms with van der Waals surface area (Å²) in [5.74, 6) is 0. The number of rotatable bonds is 9. The van der Waals surface area contributed by atoms with Gasteiger partial charge in [0.05, 0.1) is 25.9 Å². The molecule has 46 heavy (non-hydrogen) atoms. The number of aliphatic hydroxyl groups excluding tert-OH is 3. The summed E-state index contributed by atoms with van der Waals surface area (Å²) in [4.78, 5) is 0. The van der Waals surface area contributed by atoms with E-state index < -0.39 is 67.6 Å². The Balaban J connectivity index is 0.00000204. The van der Waals surface area contributed by atoms with Gasteiger partial charge in [0.1, 0.15) is 36.6 Å². The third-order valence-electron chi connectivity index (χ3n) is 8.77. The van der Waals surface area contributed by atoms with Gasteiger partial charge in [-0.1, -0.05) is 86.6 Å². The Labute approximate surface area is 270 Å². The van der Waals surface area contributed by atoms with Gasteiger partial charge in [-0.15, -0.1) is 0 Å². The second-order valence-corrected chi connectivity index (χ2v) is 11.9. The molecule has 1 aliphatic carbocycles. The van der Waals surface area contributed by atoms with Crippen LogP contribution in [0.3, 0.4) is 0 Å². The molecule has 1 saturated carbocycles. The van der Waals surface area contributed by atoms with Crippen LogP contribution >= 0.6 is 0 Å². The van der Waals surface area contributed by atoms with Crippen LogP contribution in [0.1, 0.15) is 31.4 Å². The van der Waals surface area contributed by atoms with Crippen LogP contribution in [0.2, 0.25) is 0 Å². The summed E-state index contributed by atoms with van der Waals surface area (Å²) >= 11 is 0. The Morgan fingerprint density at radius 1 is 0.674 bits per heavy atom. The highest BCUT2D eigenvalue weighted by Gasteiger charge is 2.49. The molecule has 0 bridgehead atoms. The van der Waals surface area contributed by atoms with Crippen LogP contribution in [0.15, 0.2) is 84.9 Å². The van der Waals surface area contributed by atoms with Gasteiger partial charge in [-0.05, 0) is 51.2 Å². The lowest BCUT2D eigenvalue weighted by atomic mass is 9.84. The molecule has 10 nitrogen and oxygen atoms in total. The van der Waals surface area contributed by atoms with Gasteiger partial charge in [-0.2, -0.15) is 0 Å². The van der Waals surface area contributed by atoms with Gasteiger partial charge in [0.2, 0.25) is 0 Å². The SMILES string of the molecule is CC.NC1CC(N)C(OC2OC(CO)C(O)C(OCc3ccc4ccccc4c3)C2N)C(O)C1OCc1ccc2ccccc2c1. The van der Waals surface area contributed by atoms with Crippen LogP contribution in [-0.2, 0) is 32.2 Å². The van der Waals surface area contributed by atoms with E-state index in [0.29, 0.717) is 6.42 Å². The Kier molecular flexibility index (Phi) is 11.7. The molecule has 6 rings (SSSR count). The average Bonchev–Trinajstić information content (AvgIpc) is 3.08. The summed E-state index contributed by atoms with van der Waals surface area (Å²) in [6, 6.07) is 26.0. The predicted octanol–water partition coefficient (Wildman–Crippen LogP) is 2.70. The van der Waals surface area contributed by atoms with Gasteiger partial charge in [0.25, 0.3) is 0 Å². The van der Waals surface area contributed by atoms with Crippen molar-refractivity contribution in [3.63, 3.8) is 0 Å². The fourth-order valence-electron chi connectivity index (χ4n) is 6.30. The summed E-state index contributed by atoms with van der Waals surface area (Å²) < 4.78 is 24.4. The first kappa shape index (κ1) is 34.3. The van der Waals surface area contributed by atoms with E-state index in [1.807, 2.05) is 98.8 Å². The van der Waals surface area contributed by atoms with E-state index in [1.165, 1.54) is 0 Å². The molecule has 0 radical (unpaired) electrons. The standard InChI is InChI=1S/C34H41N3O7.C2H6/c35-25-15-26(36)32(30(40)31(25)41-17-19-9-11-21-5-1-3-7-23(21)13-19)44-34-28(37)33(29(39)27(16-38)43-34)42-18-20-10-12-22-6-2-4-8-24(22)14-20;1-2/h1-14,25-34,38-40H,15-18,35-37H2;1-2H3. The third kappa shape index (κ3) is 7.58. The van der Waals surface area contributed by atoms with Crippen molar-refractivity contribution < 1.29 is 34.3 Å². The molecule has 2 fully saturated rings. The molecule has 9 N–H and O–H groups in total. The van der Waals surface area contributed by atoms with Crippen molar-refractivity contribution in [2.24, 2.45) is 17.2 Å². The van der Waals surface area contributed by atoms with Gasteiger partial charge in [-0.3, -0.25) is 0 Å². The van der Waals surface area contributed by atoms with Gasteiger partial charge in [-0.25, -0.2) is 0 Å². The first-order valence-electron chi connectivity index (χ1n) is 16.1. The number of nitrogens with two attached hydrogens (primary N) is 3. The lowest BCUT2D eigenvalue weighted by molar-refractivity contribution is -0.301. The fourth-order valence-corrected chi connectivity index (χ4v) is 6.30. The van der Waals surface area contributed by atoms with Crippen molar-refractivity contribution in [2.45, 2.75) is 94.5 Å². The molecule has 1 aliphatic heterocycles. The van der Waals surface area contributed by atoms with E-state index in [2.05, 4.69) is 0 Å². The lowest BCUT2D eigenvalue weighted by Crippen LogP contribution is -2.67. The van der Waals surface area contributed by atoms with Gasteiger partial charge < -0.3 is 51.5 Å². The molecule has 248 valence electrons. The maximum Gasteiger partial charge on any atom is 0.176 e. The van der Waals surface area contributed by atoms with E-state index in [0.717, 1.165) is 32.7 Å². The first-order valence-corrected chi connectivity index (χ1v) is 16.1. The van der Waals surface area contributed by atoms with E-state index in [4.69, 9.17) is 36.1 Å². The Morgan fingerprint density at radius 2 is 1.17 bits per heavy atom. The van der Waals surface area contributed by atoms with Crippen molar-refractivity contribution >= 4 is 21.5 Å². The zero-order chi connectivity index (χ0) is 32.8. The van der Waals surface area contributed by atoms with Crippen LogP contribution < -0.4 is 17.2 Å². The maximum atomic E-state index is 11.4. The summed E-state index contributed by atoms with van der Waals surface area (Å²) in [6.07, 6.45) is -6.79. The molecule has 10 unspecified atom stereocenters. The molecule has 10 atom stereocenters. The molecule has 0 amide bonds. The molecule has 2 aliphatic rings. The van der Waals surface area contributed by atoms with Crippen LogP contribution in [0, 0.1) is 0 Å². The predicted molar refractivity (Wildman–Crippen MR) is 178 cm³/mol. The summed E-state index contributed by atoms with van der Waals surface area (Å²) in [6.45, 7) is 3.94. The topological polar surface area (TPSA) is 176 Å². The largest absolute Gasteiger partial charge is 0.394 e. The maximum absolute atomic E-state index is 11.4. The number of hydrogen-bond acceptors (Lipinski definition) is 10. The minimum absolute atomic E-state index is 0.177. The number of benzene rings is 4. The number of ether oxygens (including phenoxy) is 4. The second kappa shape index (κ2) is 15.7. The highest BCUT2D eigenvalue weighted by Crippen LogP contribution is 2.30. The van der Waals surface area contributed by atoms with E-state index in [9.17, 15) is 15.3 Å². The number of hydrogen-bond donors (Lipinski definition) is 6. The quantitative estimate of drug-likeness (QED) is 0.161. The fraction of sp³-hybridized carbons (Fsp3) is 0.444. The second-order valence-electron chi connectivity index (χ2n) is 11.9. The number of fused-ring (bicyclic) bond motifs is 2. The Morgan fingerprint density at radius 3 is 1.72 bits per heavy atom. The van der Waals surface area contributed by atoms with Crippen LogP contribution in [0.25, 0.3) is 21.5 Å². The minimum Gasteiger partial charge on any atom is -0.394 e. The van der Waals surface area contributed by atoms with E-state index in [-0.39, 0.29) is 13.2 Å². The van der Waals surface area contributed by atoms with E-state index in [1.54, 1.807) is 0 Å². The van der Waals surface area contributed by atoms with Crippen molar-refractivity contribution in [1.82, 2.24) is 0 Å². The molecular formula is C36H47N3O7. The van der Waals surface area contributed by atoms with Crippen LogP contribution in [0.4, 0.5) is 0 Å². The van der Waals surface area contributed by atoms with Crippen molar-refractivity contribution in [3.05, 3.63) is 96.1 Å². The van der Waals surface area contributed by atoms with Crippen LogP contribution in [-0.4, -0.2) is 83.0 Å². The molecule has 1 saturated heterocycles. The molecular weight excluding hydrogens is 586 g/mol. The first-order chi connectivity index (χ1) is 22.3. The molecule has 0 aromatic heterocycles. The highest BCUT2D eigenvalue weighted by molar-refractivity contribution is 5.83. The third-order valence-corrected chi connectivity index (χ3v) is 8.77. The Hall–Kier alpha value is -3.00.